The molecule has 0 aliphatic rings. The molecule has 1 unspecified atom stereocenters. The van der Waals surface area contributed by atoms with Crippen molar-refractivity contribution in [3.63, 3.8) is 0 Å². The molecule has 0 radical (unpaired) electrons. The Kier molecular flexibility index (Phi) is 5.84. The van der Waals surface area contributed by atoms with Crippen molar-refractivity contribution in [3.8, 4) is 11.5 Å². The highest BCUT2D eigenvalue weighted by Crippen LogP contribution is 2.29. The lowest BCUT2D eigenvalue weighted by molar-refractivity contribution is 0.153. The number of aliphatic hydroxyl groups excluding tert-OH is 1. The third-order valence-corrected chi connectivity index (χ3v) is 2.88. The van der Waals surface area contributed by atoms with Gasteiger partial charge in [0.1, 0.15) is 11.5 Å². The van der Waals surface area contributed by atoms with Gasteiger partial charge in [0, 0.05) is 5.56 Å². The molecule has 0 saturated carbocycles. The molecule has 1 N–H and O–H groups in total. The van der Waals surface area contributed by atoms with Crippen LogP contribution < -0.4 is 9.47 Å². The summed E-state index contributed by atoms with van der Waals surface area (Å²) in [5.41, 5.74) is 1.03. The Morgan fingerprint density at radius 3 is 2.18 bits per heavy atom. The second-order valence-electron chi connectivity index (χ2n) is 4.12. The van der Waals surface area contributed by atoms with Gasteiger partial charge < -0.3 is 14.6 Å². The molecule has 0 bridgehead atoms. The molecule has 0 aromatic heterocycles. The number of aliphatic hydroxyl groups is 1. The van der Waals surface area contributed by atoms with Crippen LogP contribution in [-0.4, -0.2) is 25.4 Å². The van der Waals surface area contributed by atoms with Gasteiger partial charge in [0.2, 0.25) is 0 Å². The number of benzene rings is 1. The lowest BCUT2D eigenvalue weighted by Crippen LogP contribution is -2.08. The van der Waals surface area contributed by atoms with Gasteiger partial charge in [-0.05, 0) is 31.4 Å². The molecule has 1 aromatic rings. The van der Waals surface area contributed by atoms with E-state index in [4.69, 9.17) is 9.47 Å². The molecule has 0 aliphatic heterocycles. The van der Waals surface area contributed by atoms with Crippen LogP contribution in [0.3, 0.4) is 0 Å². The fourth-order valence-corrected chi connectivity index (χ4v) is 1.96. The molecule has 17 heavy (non-hydrogen) atoms. The van der Waals surface area contributed by atoms with Crippen LogP contribution in [0.1, 0.15) is 31.7 Å². The number of methoxy groups -OCH3 is 2. The molecular weight excluding hydrogens is 216 g/mol. The third kappa shape index (κ3) is 3.93. The quantitative estimate of drug-likeness (QED) is 0.794. The first-order valence-electron chi connectivity index (χ1n) is 6.10. The Morgan fingerprint density at radius 2 is 1.71 bits per heavy atom. The highest BCUT2D eigenvalue weighted by molar-refractivity contribution is 5.44. The summed E-state index contributed by atoms with van der Waals surface area (Å²) in [6.45, 7) is 2.08. The topological polar surface area (TPSA) is 38.7 Å². The number of hydrogen-bond acceptors (Lipinski definition) is 3. The van der Waals surface area contributed by atoms with Crippen molar-refractivity contribution >= 4 is 0 Å². The zero-order valence-corrected chi connectivity index (χ0v) is 10.9. The molecule has 0 heterocycles. The van der Waals surface area contributed by atoms with Gasteiger partial charge in [-0.1, -0.05) is 19.4 Å². The van der Waals surface area contributed by atoms with Crippen molar-refractivity contribution in [1.82, 2.24) is 0 Å². The maximum Gasteiger partial charge on any atom is 0.125 e. The predicted molar refractivity (Wildman–Crippen MR) is 68.8 cm³/mol. The summed E-state index contributed by atoms with van der Waals surface area (Å²) < 4.78 is 10.6. The van der Waals surface area contributed by atoms with Crippen molar-refractivity contribution in [2.45, 2.75) is 38.7 Å². The van der Waals surface area contributed by atoms with Gasteiger partial charge in [0.15, 0.2) is 0 Å². The molecule has 1 aromatic carbocycles. The lowest BCUT2D eigenvalue weighted by atomic mass is 10.0. The minimum atomic E-state index is -0.241. The van der Waals surface area contributed by atoms with E-state index in [-0.39, 0.29) is 6.10 Å². The Bertz CT molecular complexity index is 314. The maximum atomic E-state index is 9.76. The molecule has 1 rings (SSSR count). The van der Waals surface area contributed by atoms with Gasteiger partial charge in [-0.15, -0.1) is 0 Å². The van der Waals surface area contributed by atoms with Gasteiger partial charge in [0.05, 0.1) is 20.3 Å². The summed E-state index contributed by atoms with van der Waals surface area (Å²) >= 11 is 0. The third-order valence-electron chi connectivity index (χ3n) is 2.88. The van der Waals surface area contributed by atoms with E-state index in [1.54, 1.807) is 14.2 Å². The van der Waals surface area contributed by atoms with Crippen molar-refractivity contribution in [2.75, 3.05) is 14.2 Å². The van der Waals surface area contributed by atoms with Crippen LogP contribution in [0.15, 0.2) is 18.2 Å². The fraction of sp³-hybridized carbons (Fsp3) is 0.571. The van der Waals surface area contributed by atoms with E-state index in [1.807, 2.05) is 18.2 Å². The summed E-state index contributed by atoms with van der Waals surface area (Å²) in [4.78, 5) is 0. The average molecular weight is 238 g/mol. The predicted octanol–water partition coefficient (Wildman–Crippen LogP) is 2.80. The van der Waals surface area contributed by atoms with E-state index in [2.05, 4.69) is 6.92 Å². The maximum absolute atomic E-state index is 9.76. The van der Waals surface area contributed by atoms with Crippen LogP contribution in [0.25, 0.3) is 0 Å². The highest BCUT2D eigenvalue weighted by Gasteiger charge is 2.11. The molecule has 1 atom stereocenters. The lowest BCUT2D eigenvalue weighted by Gasteiger charge is -2.14. The Labute approximate surface area is 103 Å². The van der Waals surface area contributed by atoms with E-state index in [0.29, 0.717) is 0 Å². The van der Waals surface area contributed by atoms with E-state index in [9.17, 15) is 5.11 Å². The Morgan fingerprint density at radius 1 is 1.12 bits per heavy atom. The Hall–Kier alpha value is -1.22. The van der Waals surface area contributed by atoms with Crippen LogP contribution in [-0.2, 0) is 6.42 Å². The SMILES string of the molecule is CCCC(O)CCc1c(OC)cccc1OC. The molecule has 0 spiro atoms. The van der Waals surface area contributed by atoms with Gasteiger partial charge >= 0.3 is 0 Å². The largest absolute Gasteiger partial charge is 0.496 e. The minimum absolute atomic E-state index is 0.241. The van der Waals surface area contributed by atoms with Crippen molar-refractivity contribution in [2.24, 2.45) is 0 Å². The molecular formula is C14H22O3. The first kappa shape index (κ1) is 13.8. The standard InChI is InChI=1S/C14H22O3/c1-4-6-11(15)9-10-12-13(16-2)7-5-8-14(12)17-3/h5,7-8,11,15H,4,6,9-10H2,1-3H3. The van der Waals surface area contributed by atoms with Crippen LogP contribution in [0.4, 0.5) is 0 Å². The molecule has 0 aliphatic carbocycles. The summed E-state index contributed by atoms with van der Waals surface area (Å²) in [6, 6.07) is 5.75. The van der Waals surface area contributed by atoms with Crippen LogP contribution in [0, 0.1) is 0 Å². The van der Waals surface area contributed by atoms with E-state index in [1.165, 1.54) is 0 Å². The Balaban J connectivity index is 2.74. The summed E-state index contributed by atoms with van der Waals surface area (Å²) in [7, 11) is 3.31. The van der Waals surface area contributed by atoms with Crippen LogP contribution in [0.2, 0.25) is 0 Å². The second kappa shape index (κ2) is 7.17. The van der Waals surface area contributed by atoms with Gasteiger partial charge in [-0.3, -0.25) is 0 Å². The average Bonchev–Trinajstić information content (AvgIpc) is 2.36. The first-order valence-corrected chi connectivity index (χ1v) is 6.10. The van der Waals surface area contributed by atoms with Crippen molar-refractivity contribution < 1.29 is 14.6 Å². The van der Waals surface area contributed by atoms with Gasteiger partial charge in [-0.25, -0.2) is 0 Å². The number of hydrogen-bond donors (Lipinski definition) is 1. The van der Waals surface area contributed by atoms with E-state index < -0.39 is 0 Å². The number of rotatable bonds is 7. The van der Waals surface area contributed by atoms with Crippen LogP contribution >= 0.6 is 0 Å². The molecule has 0 saturated heterocycles. The molecule has 96 valence electrons. The zero-order chi connectivity index (χ0) is 12.7. The summed E-state index contributed by atoms with van der Waals surface area (Å²) in [5, 5.41) is 9.76. The zero-order valence-electron chi connectivity index (χ0n) is 10.9. The van der Waals surface area contributed by atoms with Crippen molar-refractivity contribution in [1.29, 1.82) is 0 Å². The highest BCUT2D eigenvalue weighted by atomic mass is 16.5. The van der Waals surface area contributed by atoms with Gasteiger partial charge in [-0.2, -0.15) is 0 Å². The van der Waals surface area contributed by atoms with Crippen molar-refractivity contribution in [3.05, 3.63) is 23.8 Å². The smallest absolute Gasteiger partial charge is 0.125 e. The first-order chi connectivity index (χ1) is 8.22. The molecule has 3 nitrogen and oxygen atoms in total. The number of ether oxygens (including phenoxy) is 2. The van der Waals surface area contributed by atoms with Gasteiger partial charge in [0.25, 0.3) is 0 Å². The molecule has 0 amide bonds. The fourth-order valence-electron chi connectivity index (χ4n) is 1.96. The van der Waals surface area contributed by atoms with Crippen LogP contribution in [0.5, 0.6) is 11.5 Å². The van der Waals surface area contributed by atoms with E-state index >= 15 is 0 Å². The molecule has 3 heteroatoms. The summed E-state index contributed by atoms with van der Waals surface area (Å²) in [5.74, 6) is 1.65. The normalized spacial score (nSPS) is 12.2. The second-order valence-corrected chi connectivity index (χ2v) is 4.12. The summed E-state index contributed by atoms with van der Waals surface area (Å²) in [6.07, 6.45) is 3.12. The monoisotopic (exact) mass is 238 g/mol. The minimum Gasteiger partial charge on any atom is -0.496 e. The molecule has 0 fully saturated rings. The van der Waals surface area contributed by atoms with E-state index in [0.717, 1.165) is 42.7 Å².